The normalized spacial score (nSPS) is 20.9. The Hall–Kier alpha value is -2.45. The van der Waals surface area contributed by atoms with Gasteiger partial charge in [0.2, 0.25) is 5.95 Å². The highest BCUT2D eigenvalue weighted by atomic mass is 35.5. The molecule has 1 N–H and O–H groups in total. The molecule has 2 aliphatic carbocycles. The van der Waals surface area contributed by atoms with Crippen molar-refractivity contribution in [3.05, 3.63) is 51.4 Å². The van der Waals surface area contributed by atoms with Gasteiger partial charge in [0, 0.05) is 23.3 Å². The molecular formula is C26H31ClN4O3S. The number of hydrogen-bond donors (Lipinski definition) is 1. The van der Waals surface area contributed by atoms with Crippen molar-refractivity contribution in [2.75, 3.05) is 5.32 Å². The predicted molar refractivity (Wildman–Crippen MR) is 139 cm³/mol. The van der Waals surface area contributed by atoms with Crippen LogP contribution in [0.3, 0.4) is 0 Å². The van der Waals surface area contributed by atoms with Crippen LogP contribution in [0.2, 0.25) is 5.02 Å². The van der Waals surface area contributed by atoms with Crippen LogP contribution in [0.15, 0.2) is 40.2 Å². The highest BCUT2D eigenvalue weighted by Gasteiger charge is 2.40. The van der Waals surface area contributed by atoms with E-state index in [2.05, 4.69) is 29.1 Å². The van der Waals surface area contributed by atoms with Crippen LogP contribution in [0.25, 0.3) is 11.0 Å². The van der Waals surface area contributed by atoms with Gasteiger partial charge in [0.1, 0.15) is 10.7 Å². The zero-order chi connectivity index (χ0) is 24.9. The van der Waals surface area contributed by atoms with Gasteiger partial charge in [-0.25, -0.2) is 13.4 Å². The number of anilines is 2. The number of nitrogens with one attached hydrogen (secondary N) is 1. The molecule has 0 amide bonds. The van der Waals surface area contributed by atoms with Gasteiger partial charge in [-0.1, -0.05) is 38.3 Å². The minimum atomic E-state index is -3.34. The number of benzene rings is 1. The first kappa shape index (κ1) is 24.3. The molecule has 2 fully saturated rings. The molecule has 0 aliphatic heterocycles. The second-order valence-corrected chi connectivity index (χ2v) is 13.0. The zero-order valence-electron chi connectivity index (χ0n) is 20.3. The molecule has 0 atom stereocenters. The lowest BCUT2D eigenvalue weighted by Gasteiger charge is -2.37. The largest absolute Gasteiger partial charge is 0.324 e. The summed E-state index contributed by atoms with van der Waals surface area (Å²) in [7, 11) is -3.34. The fourth-order valence-corrected chi connectivity index (χ4v) is 7.51. The monoisotopic (exact) mass is 514 g/mol. The summed E-state index contributed by atoms with van der Waals surface area (Å²) in [6.07, 6.45) is 7.14. The summed E-state index contributed by atoms with van der Waals surface area (Å²) in [5.41, 5.74) is 1.85. The molecule has 2 aliphatic rings. The van der Waals surface area contributed by atoms with Crippen LogP contribution in [0.1, 0.15) is 64.0 Å². The fraction of sp³-hybridized carbons (Fsp3) is 0.500. The predicted octanol–water partition coefficient (Wildman–Crippen LogP) is 5.82. The Morgan fingerprint density at radius 3 is 2.51 bits per heavy atom. The number of pyridine rings is 1. The van der Waals surface area contributed by atoms with E-state index in [-0.39, 0.29) is 21.9 Å². The SMILES string of the molecule is Cc1cc(S(=O)(=O)C2CC(C(C)C)C2)ccc1Nc1ncc2cc(Cl)c(=O)n(C3CCCC3)c2n1. The van der Waals surface area contributed by atoms with Crippen LogP contribution in [-0.2, 0) is 9.84 Å². The highest BCUT2D eigenvalue weighted by molar-refractivity contribution is 7.92. The Morgan fingerprint density at radius 1 is 1.14 bits per heavy atom. The molecule has 2 heterocycles. The van der Waals surface area contributed by atoms with Gasteiger partial charge in [-0.3, -0.25) is 9.36 Å². The number of fused-ring (bicyclic) bond motifs is 1. The van der Waals surface area contributed by atoms with Gasteiger partial charge in [-0.05, 0) is 74.3 Å². The number of nitrogens with zero attached hydrogens (tertiary/aromatic N) is 3. The molecule has 3 aromatic rings. The van der Waals surface area contributed by atoms with Crippen LogP contribution < -0.4 is 10.9 Å². The Kier molecular flexibility index (Phi) is 6.38. The van der Waals surface area contributed by atoms with E-state index in [0.29, 0.717) is 33.7 Å². The van der Waals surface area contributed by atoms with Crippen LogP contribution in [-0.4, -0.2) is 28.2 Å². The van der Waals surface area contributed by atoms with Crippen molar-refractivity contribution >= 4 is 44.1 Å². The Bertz CT molecular complexity index is 1440. The second-order valence-electron chi connectivity index (χ2n) is 10.3. The number of hydrogen-bond acceptors (Lipinski definition) is 6. The number of aromatic nitrogens is 3. The van der Waals surface area contributed by atoms with E-state index in [1.165, 1.54) is 0 Å². The van der Waals surface area contributed by atoms with E-state index in [9.17, 15) is 13.2 Å². The van der Waals surface area contributed by atoms with Crippen molar-refractivity contribution in [2.45, 2.75) is 75.5 Å². The Labute approximate surface area is 210 Å². The van der Waals surface area contributed by atoms with Gasteiger partial charge in [-0.15, -0.1) is 0 Å². The summed E-state index contributed by atoms with van der Waals surface area (Å²) in [5, 5.41) is 3.80. The molecule has 0 radical (unpaired) electrons. The molecule has 9 heteroatoms. The van der Waals surface area contributed by atoms with Gasteiger partial charge in [0.25, 0.3) is 5.56 Å². The molecule has 5 rings (SSSR count). The van der Waals surface area contributed by atoms with Crippen molar-refractivity contribution < 1.29 is 8.42 Å². The summed E-state index contributed by atoms with van der Waals surface area (Å²) >= 11 is 6.22. The maximum atomic E-state index is 13.1. The lowest BCUT2D eigenvalue weighted by atomic mass is 9.77. The summed E-state index contributed by atoms with van der Waals surface area (Å²) in [6.45, 7) is 6.16. The topological polar surface area (TPSA) is 94.0 Å². The zero-order valence-corrected chi connectivity index (χ0v) is 21.9. The minimum absolute atomic E-state index is 0.0828. The van der Waals surface area contributed by atoms with E-state index in [4.69, 9.17) is 11.6 Å². The van der Waals surface area contributed by atoms with Crippen molar-refractivity contribution in [1.82, 2.24) is 14.5 Å². The van der Waals surface area contributed by atoms with E-state index < -0.39 is 9.84 Å². The highest BCUT2D eigenvalue weighted by Crippen LogP contribution is 2.40. The van der Waals surface area contributed by atoms with Crippen molar-refractivity contribution in [1.29, 1.82) is 0 Å². The first-order valence-electron chi connectivity index (χ1n) is 12.3. The summed E-state index contributed by atoms with van der Waals surface area (Å²) < 4.78 is 27.9. The average Bonchev–Trinajstić information content (AvgIpc) is 3.29. The minimum Gasteiger partial charge on any atom is -0.324 e. The smallest absolute Gasteiger partial charge is 0.271 e. The third kappa shape index (κ3) is 4.47. The van der Waals surface area contributed by atoms with E-state index >= 15 is 0 Å². The van der Waals surface area contributed by atoms with Gasteiger partial charge in [-0.2, -0.15) is 4.98 Å². The Morgan fingerprint density at radius 2 is 1.86 bits per heavy atom. The van der Waals surface area contributed by atoms with Crippen molar-refractivity contribution in [3.63, 3.8) is 0 Å². The Balaban J connectivity index is 1.43. The molecule has 186 valence electrons. The first-order valence-corrected chi connectivity index (χ1v) is 14.3. The number of halogens is 1. The molecule has 2 saturated carbocycles. The number of rotatable bonds is 6. The third-order valence-corrected chi connectivity index (χ3v) is 10.1. The first-order chi connectivity index (χ1) is 16.6. The maximum Gasteiger partial charge on any atom is 0.271 e. The molecule has 1 aromatic carbocycles. The van der Waals surface area contributed by atoms with E-state index in [1.54, 1.807) is 35.0 Å². The molecule has 0 bridgehead atoms. The lowest BCUT2D eigenvalue weighted by Crippen LogP contribution is -2.38. The fourth-order valence-electron chi connectivity index (χ4n) is 5.32. The third-order valence-electron chi connectivity index (χ3n) is 7.71. The molecule has 7 nitrogen and oxygen atoms in total. The van der Waals surface area contributed by atoms with Crippen LogP contribution in [0.5, 0.6) is 0 Å². The van der Waals surface area contributed by atoms with Crippen molar-refractivity contribution in [3.8, 4) is 0 Å². The summed E-state index contributed by atoms with van der Waals surface area (Å²) in [6, 6.07) is 6.84. The quantitative estimate of drug-likeness (QED) is 0.445. The molecular weight excluding hydrogens is 484 g/mol. The van der Waals surface area contributed by atoms with Gasteiger partial charge >= 0.3 is 0 Å². The summed E-state index contributed by atoms with van der Waals surface area (Å²) in [4.78, 5) is 22.3. The number of aryl methyl sites for hydroxylation is 1. The van der Waals surface area contributed by atoms with Gasteiger partial charge in [0.05, 0.1) is 10.1 Å². The molecule has 35 heavy (non-hydrogen) atoms. The van der Waals surface area contributed by atoms with Crippen LogP contribution >= 0.6 is 11.6 Å². The second kappa shape index (κ2) is 9.21. The number of sulfone groups is 1. The lowest BCUT2D eigenvalue weighted by molar-refractivity contribution is 0.237. The van der Waals surface area contributed by atoms with Gasteiger partial charge < -0.3 is 5.32 Å². The molecule has 2 aromatic heterocycles. The molecule has 0 saturated heterocycles. The molecule has 0 unspecified atom stereocenters. The average molecular weight is 515 g/mol. The van der Waals surface area contributed by atoms with Gasteiger partial charge in [0.15, 0.2) is 9.84 Å². The van der Waals surface area contributed by atoms with Crippen molar-refractivity contribution in [2.24, 2.45) is 11.8 Å². The molecule has 0 spiro atoms. The van der Waals surface area contributed by atoms with E-state index in [1.807, 2.05) is 6.92 Å². The summed E-state index contributed by atoms with van der Waals surface area (Å²) in [5.74, 6) is 1.35. The van der Waals surface area contributed by atoms with Crippen LogP contribution in [0.4, 0.5) is 11.6 Å². The maximum absolute atomic E-state index is 13.1. The standard InChI is InChI=1S/C26H31ClN4O3S/c1-15(2)17-11-21(12-17)35(33,34)20-8-9-23(16(3)10-20)29-26-28-14-18-13-22(27)25(32)31(24(18)30-26)19-6-4-5-7-19/h8-10,13-15,17,19,21H,4-7,11-12H2,1-3H3,(H,28,29,30). The van der Waals surface area contributed by atoms with E-state index in [0.717, 1.165) is 49.8 Å². The van der Waals surface area contributed by atoms with Crippen LogP contribution in [0, 0.1) is 18.8 Å².